The lowest BCUT2D eigenvalue weighted by atomic mass is 9.78. The van der Waals surface area contributed by atoms with E-state index in [0.29, 0.717) is 5.56 Å². The largest absolute Gasteiger partial charge is 0.495 e. The van der Waals surface area contributed by atoms with Crippen molar-refractivity contribution in [2.45, 2.75) is 13.0 Å². The third kappa shape index (κ3) is 1.12. The van der Waals surface area contributed by atoms with Crippen LogP contribution >= 0.6 is 0 Å². The van der Waals surface area contributed by atoms with E-state index in [-0.39, 0.29) is 17.3 Å². The van der Waals surface area contributed by atoms with Crippen LogP contribution in [0.25, 0.3) is 0 Å². The van der Waals surface area contributed by atoms with E-state index in [2.05, 4.69) is 0 Å². The average Bonchev–Trinajstić information content (AvgIpc) is 2.35. The first-order chi connectivity index (χ1) is 6.11. The van der Waals surface area contributed by atoms with Crippen molar-refractivity contribution in [3.63, 3.8) is 0 Å². The third-order valence-electron chi connectivity index (χ3n) is 2.26. The molecule has 0 amide bonds. The van der Waals surface area contributed by atoms with Gasteiger partial charge in [-0.15, -0.1) is 0 Å². The minimum absolute atomic E-state index is 0.0375. The van der Waals surface area contributed by atoms with Gasteiger partial charge in [0.2, 0.25) is 0 Å². The molecule has 3 N–H and O–H groups in total. The first-order valence-corrected chi connectivity index (χ1v) is 4.02. The first-order valence-electron chi connectivity index (χ1n) is 4.02. The normalized spacial score (nSPS) is 20.5. The van der Waals surface area contributed by atoms with Crippen molar-refractivity contribution < 1.29 is 14.1 Å². The number of fused-ring (bicyclic) bond motifs is 1. The van der Waals surface area contributed by atoms with Crippen LogP contribution in [-0.4, -0.2) is 12.1 Å². The summed E-state index contributed by atoms with van der Waals surface area (Å²) in [7, 11) is -1.19. The van der Waals surface area contributed by atoms with Crippen molar-refractivity contribution in [3.8, 4) is 0 Å². The predicted molar refractivity (Wildman–Crippen MR) is 47.9 cm³/mol. The summed E-state index contributed by atoms with van der Waals surface area (Å²) in [6, 6.07) is 3.15. The summed E-state index contributed by atoms with van der Waals surface area (Å²) >= 11 is 0. The van der Waals surface area contributed by atoms with Gasteiger partial charge in [0.05, 0.1) is 11.8 Å². The molecule has 0 aliphatic carbocycles. The Labute approximate surface area is 75.5 Å². The smallest absolute Gasteiger partial charge is 0.423 e. The Hall–Kier alpha value is -1.07. The summed E-state index contributed by atoms with van der Waals surface area (Å²) in [5.41, 5.74) is 6.24. The third-order valence-corrected chi connectivity index (χ3v) is 2.26. The van der Waals surface area contributed by atoms with Gasteiger partial charge in [0.1, 0.15) is 5.82 Å². The quantitative estimate of drug-likeness (QED) is 0.443. The molecule has 68 valence electrons. The Morgan fingerprint density at radius 3 is 3.00 bits per heavy atom. The highest BCUT2D eigenvalue weighted by Gasteiger charge is 2.36. The van der Waals surface area contributed by atoms with Crippen LogP contribution in [0.3, 0.4) is 0 Å². The van der Waals surface area contributed by atoms with Gasteiger partial charge in [-0.3, -0.25) is 0 Å². The molecule has 0 saturated heterocycles. The monoisotopic (exact) mass is 181 g/mol. The summed E-state index contributed by atoms with van der Waals surface area (Å²) in [6.45, 7) is 1.75. The molecule has 1 aliphatic heterocycles. The Morgan fingerprint density at radius 2 is 2.31 bits per heavy atom. The molecule has 1 unspecified atom stereocenters. The Bertz CT molecular complexity index is 358. The van der Waals surface area contributed by atoms with Gasteiger partial charge in [0.15, 0.2) is 0 Å². The molecule has 1 aromatic rings. The molecule has 0 fully saturated rings. The molecular weight excluding hydrogens is 172 g/mol. The summed E-state index contributed by atoms with van der Waals surface area (Å²) in [6.07, 6.45) is -0.278. The topological polar surface area (TPSA) is 55.5 Å². The van der Waals surface area contributed by atoms with Crippen LogP contribution in [0.15, 0.2) is 12.1 Å². The zero-order chi connectivity index (χ0) is 9.59. The number of rotatable bonds is 0. The van der Waals surface area contributed by atoms with E-state index >= 15 is 0 Å². The standard InChI is InChI=1S/C8H9BFNO2/c1-4-5-2-3-6(11)8(10)7(5)9(12)13-4/h2-4,12H,11H2,1H3. The second-order valence-electron chi connectivity index (χ2n) is 3.10. The van der Waals surface area contributed by atoms with E-state index in [1.165, 1.54) is 6.07 Å². The number of anilines is 1. The maximum absolute atomic E-state index is 13.4. The molecule has 5 heteroatoms. The summed E-state index contributed by atoms with van der Waals surface area (Å²) in [4.78, 5) is 0. The Morgan fingerprint density at radius 1 is 1.62 bits per heavy atom. The van der Waals surface area contributed by atoms with Crippen molar-refractivity contribution >= 4 is 18.3 Å². The van der Waals surface area contributed by atoms with Crippen molar-refractivity contribution in [1.82, 2.24) is 0 Å². The van der Waals surface area contributed by atoms with Gasteiger partial charge < -0.3 is 15.4 Å². The molecule has 1 aliphatic rings. The van der Waals surface area contributed by atoms with Gasteiger partial charge in [0.25, 0.3) is 0 Å². The molecule has 0 aromatic heterocycles. The fraction of sp³-hybridized carbons (Fsp3) is 0.250. The van der Waals surface area contributed by atoms with Crippen LogP contribution in [0, 0.1) is 5.82 Å². The van der Waals surface area contributed by atoms with Crippen LogP contribution in [0.1, 0.15) is 18.6 Å². The van der Waals surface area contributed by atoms with E-state index in [1.54, 1.807) is 13.0 Å². The SMILES string of the molecule is CC1OB(O)c2c1ccc(N)c2F. The zero-order valence-corrected chi connectivity index (χ0v) is 7.12. The predicted octanol–water partition coefficient (Wildman–Crippen LogP) is 0.187. The molecule has 13 heavy (non-hydrogen) atoms. The highest BCUT2D eigenvalue weighted by Crippen LogP contribution is 2.25. The molecular formula is C8H9BFNO2. The van der Waals surface area contributed by atoms with E-state index in [0.717, 1.165) is 0 Å². The fourth-order valence-electron chi connectivity index (χ4n) is 1.56. The molecule has 1 heterocycles. The van der Waals surface area contributed by atoms with Crippen LogP contribution in [0.5, 0.6) is 0 Å². The van der Waals surface area contributed by atoms with Gasteiger partial charge in [-0.2, -0.15) is 0 Å². The number of nitrogen functional groups attached to an aromatic ring is 1. The number of halogens is 1. The van der Waals surface area contributed by atoms with E-state index in [4.69, 9.17) is 10.4 Å². The number of hydrogen-bond donors (Lipinski definition) is 2. The first kappa shape index (κ1) is 8.53. The lowest BCUT2D eigenvalue weighted by Gasteiger charge is -2.04. The van der Waals surface area contributed by atoms with E-state index in [1.807, 2.05) is 0 Å². The van der Waals surface area contributed by atoms with Crippen LogP contribution < -0.4 is 11.2 Å². The van der Waals surface area contributed by atoms with Crippen molar-refractivity contribution in [1.29, 1.82) is 0 Å². The van der Waals surface area contributed by atoms with Gasteiger partial charge in [-0.25, -0.2) is 4.39 Å². The molecule has 2 rings (SSSR count). The second-order valence-corrected chi connectivity index (χ2v) is 3.10. The van der Waals surface area contributed by atoms with Crippen molar-refractivity contribution in [3.05, 3.63) is 23.5 Å². The van der Waals surface area contributed by atoms with Crippen molar-refractivity contribution in [2.75, 3.05) is 5.73 Å². The molecule has 0 bridgehead atoms. The summed E-state index contributed by atoms with van der Waals surface area (Å²) in [5, 5.41) is 9.34. The number of nitrogens with two attached hydrogens (primary N) is 1. The van der Waals surface area contributed by atoms with Gasteiger partial charge in [0, 0.05) is 5.46 Å². The van der Waals surface area contributed by atoms with Gasteiger partial charge >= 0.3 is 7.12 Å². The Kier molecular flexibility index (Phi) is 1.78. The fourth-order valence-corrected chi connectivity index (χ4v) is 1.56. The number of benzene rings is 1. The minimum atomic E-state index is -1.19. The summed E-state index contributed by atoms with van der Waals surface area (Å²) < 4.78 is 18.4. The molecule has 0 spiro atoms. The lowest BCUT2D eigenvalue weighted by Crippen LogP contribution is -2.31. The molecule has 0 radical (unpaired) electrons. The molecule has 1 aromatic carbocycles. The summed E-state index contributed by atoms with van der Waals surface area (Å²) in [5.74, 6) is -0.575. The van der Waals surface area contributed by atoms with Crippen LogP contribution in [-0.2, 0) is 4.65 Å². The highest BCUT2D eigenvalue weighted by molar-refractivity contribution is 6.62. The Balaban J connectivity index is 2.64. The maximum Gasteiger partial charge on any atom is 0.495 e. The highest BCUT2D eigenvalue weighted by atomic mass is 19.1. The maximum atomic E-state index is 13.4. The minimum Gasteiger partial charge on any atom is -0.423 e. The number of hydrogen-bond acceptors (Lipinski definition) is 3. The van der Waals surface area contributed by atoms with Crippen LogP contribution in [0.2, 0.25) is 0 Å². The van der Waals surface area contributed by atoms with Gasteiger partial charge in [-0.1, -0.05) is 6.07 Å². The van der Waals surface area contributed by atoms with Crippen molar-refractivity contribution in [2.24, 2.45) is 0 Å². The van der Waals surface area contributed by atoms with Gasteiger partial charge in [-0.05, 0) is 18.6 Å². The second kappa shape index (κ2) is 2.72. The molecule has 3 nitrogen and oxygen atoms in total. The molecule has 0 saturated carbocycles. The van der Waals surface area contributed by atoms with Crippen LogP contribution in [0.4, 0.5) is 10.1 Å². The van der Waals surface area contributed by atoms with E-state index in [9.17, 15) is 9.41 Å². The van der Waals surface area contributed by atoms with E-state index < -0.39 is 12.9 Å². The average molecular weight is 181 g/mol. The molecule has 1 atom stereocenters. The zero-order valence-electron chi connectivity index (χ0n) is 7.12. The lowest BCUT2D eigenvalue weighted by molar-refractivity contribution is 0.209.